The number of likely N-dealkylation sites (N-methyl/N-ethyl adjacent to an activating group) is 1. The standard InChI is InChI=1S/C30H25F2N3S/c1-19-3-7-21(8-4-19)27-18-36-30-33-28-23(15-20-5-11-24(31)12-6-20)16-34(2)17-26(28)29(35(27)30)22-9-13-25(32)14-10-22/h3-15,18,29H,16-17H2,1-2H3/b23-15+/t29-/m1/s1. The van der Waals surface area contributed by atoms with Crippen LogP contribution in [0.4, 0.5) is 8.78 Å². The zero-order chi connectivity index (χ0) is 24.8. The molecule has 3 aromatic carbocycles. The van der Waals surface area contributed by atoms with E-state index in [9.17, 15) is 8.78 Å². The number of hydrogen-bond donors (Lipinski definition) is 0. The number of benzene rings is 3. The molecule has 0 saturated heterocycles. The summed E-state index contributed by atoms with van der Waals surface area (Å²) in [6, 6.07) is 21.8. The van der Waals surface area contributed by atoms with Crippen LogP contribution >= 0.6 is 11.8 Å². The van der Waals surface area contributed by atoms with Gasteiger partial charge in [0.15, 0.2) is 5.17 Å². The topological polar surface area (TPSA) is 18.8 Å². The van der Waals surface area contributed by atoms with Crippen molar-refractivity contribution < 1.29 is 8.78 Å². The minimum absolute atomic E-state index is 0.116. The first-order valence-corrected chi connectivity index (χ1v) is 12.8. The fourth-order valence-corrected chi connectivity index (χ4v) is 5.99. The third kappa shape index (κ3) is 4.21. The van der Waals surface area contributed by atoms with Gasteiger partial charge in [-0.2, -0.15) is 0 Å². The van der Waals surface area contributed by atoms with Gasteiger partial charge < -0.3 is 4.90 Å². The van der Waals surface area contributed by atoms with Crippen molar-refractivity contribution in [3.63, 3.8) is 0 Å². The summed E-state index contributed by atoms with van der Waals surface area (Å²) in [4.78, 5) is 9.73. The van der Waals surface area contributed by atoms with Crippen LogP contribution in [0.25, 0.3) is 11.8 Å². The summed E-state index contributed by atoms with van der Waals surface area (Å²) in [5.41, 5.74) is 8.63. The summed E-state index contributed by atoms with van der Waals surface area (Å²) >= 11 is 1.62. The highest BCUT2D eigenvalue weighted by atomic mass is 32.2. The maximum Gasteiger partial charge on any atom is 0.174 e. The Hall–Kier alpha value is -3.48. The third-order valence-electron chi connectivity index (χ3n) is 6.77. The summed E-state index contributed by atoms with van der Waals surface area (Å²) < 4.78 is 27.4. The molecule has 6 heteroatoms. The second-order valence-corrected chi connectivity index (χ2v) is 10.3. The lowest BCUT2D eigenvalue weighted by Crippen LogP contribution is -2.40. The number of thioether (sulfide) groups is 1. The number of aliphatic imine (C=N–C) groups is 1. The Labute approximate surface area is 214 Å². The van der Waals surface area contributed by atoms with Gasteiger partial charge in [0.25, 0.3) is 0 Å². The molecule has 3 nitrogen and oxygen atoms in total. The monoisotopic (exact) mass is 497 g/mol. The van der Waals surface area contributed by atoms with Crippen molar-refractivity contribution in [1.82, 2.24) is 9.80 Å². The zero-order valence-corrected chi connectivity index (χ0v) is 20.9. The van der Waals surface area contributed by atoms with Crippen LogP contribution in [0.1, 0.15) is 28.3 Å². The Morgan fingerprint density at radius 3 is 2.25 bits per heavy atom. The van der Waals surface area contributed by atoms with Gasteiger partial charge in [-0.3, -0.25) is 4.90 Å². The highest BCUT2D eigenvalue weighted by Crippen LogP contribution is 2.49. The van der Waals surface area contributed by atoms with E-state index in [4.69, 9.17) is 4.99 Å². The fourth-order valence-electron chi connectivity index (χ4n) is 5.06. The number of halogens is 2. The molecule has 0 saturated carbocycles. The fraction of sp³-hybridized carbons (Fsp3) is 0.167. The molecule has 3 heterocycles. The van der Waals surface area contributed by atoms with Gasteiger partial charge in [0, 0.05) is 18.5 Å². The largest absolute Gasteiger partial charge is 0.308 e. The molecule has 3 aliphatic rings. The van der Waals surface area contributed by atoms with E-state index in [0.29, 0.717) is 0 Å². The summed E-state index contributed by atoms with van der Waals surface area (Å²) in [6.45, 7) is 3.57. The number of nitrogens with zero attached hydrogens (tertiary/aromatic N) is 3. The van der Waals surface area contributed by atoms with E-state index >= 15 is 0 Å². The van der Waals surface area contributed by atoms with Crippen LogP contribution < -0.4 is 0 Å². The molecule has 0 aliphatic carbocycles. The van der Waals surface area contributed by atoms with Crippen LogP contribution in [0.5, 0.6) is 0 Å². The highest BCUT2D eigenvalue weighted by molar-refractivity contribution is 8.16. The molecule has 1 atom stereocenters. The lowest BCUT2D eigenvalue weighted by molar-refractivity contribution is 0.344. The van der Waals surface area contributed by atoms with Crippen molar-refractivity contribution in [2.24, 2.45) is 4.99 Å². The number of hydrogen-bond acceptors (Lipinski definition) is 4. The Bertz CT molecular complexity index is 1440. The first-order valence-electron chi connectivity index (χ1n) is 11.9. The van der Waals surface area contributed by atoms with Gasteiger partial charge in [0.1, 0.15) is 11.6 Å². The van der Waals surface area contributed by atoms with Gasteiger partial charge in [0.2, 0.25) is 0 Å². The molecular formula is C30H25F2N3S. The molecular weight excluding hydrogens is 472 g/mol. The van der Waals surface area contributed by atoms with E-state index in [1.807, 2.05) is 12.1 Å². The lowest BCUT2D eigenvalue weighted by atomic mass is 9.88. The molecule has 0 bridgehead atoms. The number of rotatable bonds is 3. The molecule has 0 unspecified atom stereocenters. The van der Waals surface area contributed by atoms with Gasteiger partial charge in [-0.1, -0.05) is 65.9 Å². The summed E-state index contributed by atoms with van der Waals surface area (Å²) in [5.74, 6) is -0.500. The molecule has 0 N–H and O–H groups in total. The van der Waals surface area contributed by atoms with Crippen molar-refractivity contribution in [2.45, 2.75) is 13.0 Å². The molecule has 0 radical (unpaired) electrons. The second-order valence-electron chi connectivity index (χ2n) is 9.47. The molecule has 3 aromatic rings. The first-order chi connectivity index (χ1) is 17.5. The minimum Gasteiger partial charge on any atom is -0.308 e. The maximum atomic E-state index is 13.9. The van der Waals surface area contributed by atoms with Crippen LogP contribution in [-0.4, -0.2) is 35.1 Å². The van der Waals surface area contributed by atoms with Gasteiger partial charge in [-0.05, 0) is 72.1 Å². The van der Waals surface area contributed by atoms with E-state index in [1.165, 1.54) is 35.4 Å². The minimum atomic E-state index is -0.250. The van der Waals surface area contributed by atoms with Crippen molar-refractivity contribution in [2.75, 3.05) is 20.1 Å². The Kier molecular flexibility index (Phi) is 5.86. The third-order valence-corrected chi connectivity index (χ3v) is 7.61. The predicted molar refractivity (Wildman–Crippen MR) is 144 cm³/mol. The maximum absolute atomic E-state index is 13.9. The van der Waals surface area contributed by atoms with E-state index in [-0.39, 0.29) is 17.7 Å². The Balaban J connectivity index is 1.50. The molecule has 0 amide bonds. The molecule has 180 valence electrons. The van der Waals surface area contributed by atoms with Crippen LogP contribution in [-0.2, 0) is 0 Å². The summed E-state index contributed by atoms with van der Waals surface area (Å²) in [7, 11) is 2.10. The summed E-state index contributed by atoms with van der Waals surface area (Å²) in [5, 5.41) is 3.07. The van der Waals surface area contributed by atoms with Gasteiger partial charge >= 0.3 is 0 Å². The van der Waals surface area contributed by atoms with Crippen LogP contribution in [0.2, 0.25) is 0 Å². The van der Waals surface area contributed by atoms with Gasteiger partial charge in [-0.25, -0.2) is 13.8 Å². The molecule has 36 heavy (non-hydrogen) atoms. The number of amidine groups is 1. The van der Waals surface area contributed by atoms with Gasteiger partial charge in [0.05, 0.1) is 17.4 Å². The van der Waals surface area contributed by atoms with Crippen LogP contribution in [0.15, 0.2) is 100 Å². The molecule has 0 aromatic heterocycles. The number of aryl methyl sites for hydroxylation is 1. The van der Waals surface area contributed by atoms with E-state index in [2.05, 4.69) is 59.5 Å². The molecule has 0 fully saturated rings. The van der Waals surface area contributed by atoms with E-state index < -0.39 is 0 Å². The normalized spacial score (nSPS) is 20.8. The lowest BCUT2D eigenvalue weighted by Gasteiger charge is -2.42. The first kappa shape index (κ1) is 23.0. The van der Waals surface area contributed by atoms with Crippen molar-refractivity contribution in [3.05, 3.63) is 129 Å². The Morgan fingerprint density at radius 1 is 0.889 bits per heavy atom. The number of fused-ring (bicyclic) bond motifs is 1. The molecule has 6 rings (SSSR count). The summed E-state index contributed by atoms with van der Waals surface area (Å²) in [6.07, 6.45) is 2.10. The van der Waals surface area contributed by atoms with E-state index in [1.54, 1.807) is 23.9 Å². The van der Waals surface area contributed by atoms with Crippen LogP contribution in [0.3, 0.4) is 0 Å². The zero-order valence-electron chi connectivity index (χ0n) is 20.1. The quantitative estimate of drug-likeness (QED) is 0.388. The van der Waals surface area contributed by atoms with Crippen molar-refractivity contribution >= 4 is 28.7 Å². The average Bonchev–Trinajstić information content (AvgIpc) is 3.29. The smallest absolute Gasteiger partial charge is 0.174 e. The van der Waals surface area contributed by atoms with Crippen molar-refractivity contribution in [1.29, 1.82) is 0 Å². The Morgan fingerprint density at radius 2 is 1.56 bits per heavy atom. The predicted octanol–water partition coefficient (Wildman–Crippen LogP) is 7.01. The van der Waals surface area contributed by atoms with E-state index in [0.717, 1.165) is 51.9 Å². The van der Waals surface area contributed by atoms with Crippen LogP contribution in [0, 0.1) is 18.6 Å². The van der Waals surface area contributed by atoms with Crippen molar-refractivity contribution in [3.8, 4) is 0 Å². The SMILES string of the molecule is Cc1ccc(C2=CSC3=NC4=C(CN(C)C/C4=C\c4ccc(F)cc4)[C@@H](c4ccc(F)cc4)N23)cc1. The average molecular weight is 498 g/mol. The highest BCUT2D eigenvalue weighted by Gasteiger charge is 2.41. The van der Waals surface area contributed by atoms with Gasteiger partial charge in [-0.15, -0.1) is 0 Å². The molecule has 3 aliphatic heterocycles. The molecule has 0 spiro atoms. The second kappa shape index (κ2) is 9.19.